The maximum atomic E-state index is 9.46. The van der Waals surface area contributed by atoms with Crippen LogP contribution in [0, 0.1) is 5.92 Å². The second-order valence-corrected chi connectivity index (χ2v) is 6.10. The van der Waals surface area contributed by atoms with E-state index in [4.69, 9.17) is 4.74 Å². The van der Waals surface area contributed by atoms with Crippen molar-refractivity contribution < 1.29 is 9.84 Å². The quantitative estimate of drug-likeness (QED) is 0.702. The second-order valence-electron chi connectivity index (χ2n) is 6.10. The van der Waals surface area contributed by atoms with Crippen LogP contribution in [0.3, 0.4) is 0 Å². The Bertz CT molecular complexity index is 217. The largest absolute Gasteiger partial charge is 0.394 e. The van der Waals surface area contributed by atoms with E-state index in [1.165, 1.54) is 32.1 Å². The number of aliphatic hydroxyl groups excluding tert-OH is 1. The summed E-state index contributed by atoms with van der Waals surface area (Å²) in [5.74, 6) is 0.765. The van der Waals surface area contributed by atoms with Gasteiger partial charge in [-0.05, 0) is 45.6 Å². The van der Waals surface area contributed by atoms with Crippen molar-refractivity contribution in [1.82, 2.24) is 5.32 Å². The molecule has 0 aromatic heterocycles. The molecule has 2 atom stereocenters. The topological polar surface area (TPSA) is 41.5 Å². The Hall–Kier alpha value is -0.120. The molecule has 18 heavy (non-hydrogen) atoms. The van der Waals surface area contributed by atoms with Gasteiger partial charge in [0, 0.05) is 12.1 Å². The molecule has 1 saturated carbocycles. The Morgan fingerprint density at radius 3 is 2.56 bits per heavy atom. The van der Waals surface area contributed by atoms with Crippen molar-refractivity contribution in [3.05, 3.63) is 0 Å². The molecule has 1 aliphatic rings. The lowest BCUT2D eigenvalue weighted by Crippen LogP contribution is -2.48. The highest BCUT2D eigenvalue weighted by molar-refractivity contribution is 4.84. The average molecular weight is 257 g/mol. The van der Waals surface area contributed by atoms with Crippen molar-refractivity contribution in [2.45, 2.75) is 70.9 Å². The van der Waals surface area contributed by atoms with E-state index in [9.17, 15) is 5.11 Å². The summed E-state index contributed by atoms with van der Waals surface area (Å²) in [5, 5.41) is 12.8. The van der Waals surface area contributed by atoms with Gasteiger partial charge in [-0.25, -0.2) is 0 Å². The Morgan fingerprint density at radius 1 is 1.33 bits per heavy atom. The van der Waals surface area contributed by atoms with E-state index in [1.807, 2.05) is 0 Å². The van der Waals surface area contributed by atoms with E-state index in [0.29, 0.717) is 0 Å². The van der Waals surface area contributed by atoms with Gasteiger partial charge in [-0.15, -0.1) is 0 Å². The Labute approximate surface area is 112 Å². The van der Waals surface area contributed by atoms with E-state index in [-0.39, 0.29) is 18.2 Å². The molecule has 2 unspecified atom stereocenters. The van der Waals surface area contributed by atoms with Crippen LogP contribution in [-0.4, -0.2) is 36.5 Å². The van der Waals surface area contributed by atoms with Gasteiger partial charge < -0.3 is 15.2 Å². The van der Waals surface area contributed by atoms with Crippen LogP contribution in [0.5, 0.6) is 0 Å². The smallest absolute Gasteiger partial charge is 0.0611 e. The van der Waals surface area contributed by atoms with Crippen molar-refractivity contribution in [1.29, 1.82) is 0 Å². The molecule has 0 amide bonds. The molecule has 3 nitrogen and oxygen atoms in total. The molecule has 0 bridgehead atoms. The lowest BCUT2D eigenvalue weighted by atomic mass is 9.90. The van der Waals surface area contributed by atoms with Crippen LogP contribution in [0.15, 0.2) is 0 Å². The number of rotatable bonds is 8. The van der Waals surface area contributed by atoms with Crippen LogP contribution < -0.4 is 5.32 Å². The first-order chi connectivity index (χ1) is 8.59. The Balaban J connectivity index is 2.24. The van der Waals surface area contributed by atoms with Crippen molar-refractivity contribution in [3.8, 4) is 0 Å². The monoisotopic (exact) mass is 257 g/mol. The van der Waals surface area contributed by atoms with E-state index in [1.54, 1.807) is 0 Å². The average Bonchev–Trinajstić information content (AvgIpc) is 2.38. The highest BCUT2D eigenvalue weighted by atomic mass is 16.5. The van der Waals surface area contributed by atoms with E-state index >= 15 is 0 Å². The fourth-order valence-electron chi connectivity index (χ4n) is 2.97. The number of hydrogen-bond donors (Lipinski definition) is 2. The molecule has 0 saturated heterocycles. The third kappa shape index (κ3) is 5.68. The third-order valence-electron chi connectivity index (χ3n) is 4.03. The van der Waals surface area contributed by atoms with Crippen molar-refractivity contribution >= 4 is 0 Å². The molecule has 1 rings (SSSR count). The molecule has 2 N–H and O–H groups in total. The minimum absolute atomic E-state index is 0.165. The minimum Gasteiger partial charge on any atom is -0.394 e. The van der Waals surface area contributed by atoms with Gasteiger partial charge in [0.1, 0.15) is 0 Å². The number of ether oxygens (including phenoxy) is 1. The number of aliphatic hydroxyl groups is 1. The van der Waals surface area contributed by atoms with Crippen LogP contribution in [0.2, 0.25) is 0 Å². The lowest BCUT2D eigenvalue weighted by molar-refractivity contribution is 0.00425. The van der Waals surface area contributed by atoms with E-state index in [0.717, 1.165) is 25.5 Å². The third-order valence-corrected chi connectivity index (χ3v) is 4.03. The second kappa shape index (κ2) is 8.13. The predicted molar refractivity (Wildman–Crippen MR) is 75.8 cm³/mol. The van der Waals surface area contributed by atoms with Crippen LogP contribution in [0.1, 0.15) is 59.3 Å². The van der Waals surface area contributed by atoms with Gasteiger partial charge >= 0.3 is 0 Å². The maximum Gasteiger partial charge on any atom is 0.0611 e. The fourth-order valence-corrected chi connectivity index (χ4v) is 2.97. The summed E-state index contributed by atoms with van der Waals surface area (Å²) in [6.07, 6.45) is 7.87. The first kappa shape index (κ1) is 15.9. The molecular formula is C15H31NO2. The van der Waals surface area contributed by atoms with E-state index < -0.39 is 0 Å². The SMILES string of the molecule is CCNC(C)(CO)CC(C)OCC1CCCCC1. The fraction of sp³-hybridized carbons (Fsp3) is 1.00. The normalized spacial score (nSPS) is 22.7. The molecule has 0 radical (unpaired) electrons. The van der Waals surface area contributed by atoms with Crippen LogP contribution in [0.25, 0.3) is 0 Å². The van der Waals surface area contributed by atoms with Gasteiger partial charge in [-0.3, -0.25) is 0 Å². The number of likely N-dealkylation sites (N-methyl/N-ethyl adjacent to an activating group) is 1. The zero-order chi connectivity index (χ0) is 13.4. The summed E-state index contributed by atoms with van der Waals surface area (Å²) in [4.78, 5) is 0. The number of nitrogens with one attached hydrogen (secondary N) is 1. The summed E-state index contributed by atoms with van der Waals surface area (Å²) in [5.41, 5.74) is -0.208. The molecule has 1 fully saturated rings. The van der Waals surface area contributed by atoms with Crippen molar-refractivity contribution in [2.24, 2.45) is 5.92 Å². The summed E-state index contributed by atoms with van der Waals surface area (Å²) < 4.78 is 5.97. The predicted octanol–water partition coefficient (Wildman–Crippen LogP) is 2.72. The van der Waals surface area contributed by atoms with Gasteiger partial charge in [0.25, 0.3) is 0 Å². The van der Waals surface area contributed by atoms with Gasteiger partial charge in [0.15, 0.2) is 0 Å². The van der Waals surface area contributed by atoms with Crippen LogP contribution in [0.4, 0.5) is 0 Å². The van der Waals surface area contributed by atoms with Gasteiger partial charge in [-0.1, -0.05) is 26.2 Å². The molecular weight excluding hydrogens is 226 g/mol. The van der Waals surface area contributed by atoms with Gasteiger partial charge in [0.05, 0.1) is 12.7 Å². The zero-order valence-corrected chi connectivity index (χ0v) is 12.4. The minimum atomic E-state index is -0.208. The highest BCUT2D eigenvalue weighted by Gasteiger charge is 2.25. The molecule has 108 valence electrons. The molecule has 0 spiro atoms. The maximum absolute atomic E-state index is 9.46. The summed E-state index contributed by atoms with van der Waals surface area (Å²) in [6, 6.07) is 0. The molecule has 0 aromatic carbocycles. The summed E-state index contributed by atoms with van der Waals surface area (Å²) in [7, 11) is 0. The Kier molecular flexibility index (Phi) is 7.20. The molecule has 0 aliphatic heterocycles. The first-order valence-corrected chi connectivity index (χ1v) is 7.57. The molecule has 1 aliphatic carbocycles. The Morgan fingerprint density at radius 2 is 2.00 bits per heavy atom. The van der Waals surface area contributed by atoms with Crippen LogP contribution >= 0.6 is 0 Å². The zero-order valence-electron chi connectivity index (χ0n) is 12.4. The molecule has 0 heterocycles. The summed E-state index contributed by atoms with van der Waals surface area (Å²) in [6.45, 7) is 8.20. The van der Waals surface area contributed by atoms with Crippen molar-refractivity contribution in [2.75, 3.05) is 19.8 Å². The standard InChI is InChI=1S/C15H31NO2/c1-4-16-15(3,12-17)10-13(2)18-11-14-8-6-5-7-9-14/h13-14,16-17H,4-12H2,1-3H3. The van der Waals surface area contributed by atoms with Gasteiger partial charge in [0.2, 0.25) is 0 Å². The highest BCUT2D eigenvalue weighted by Crippen LogP contribution is 2.24. The summed E-state index contributed by atoms with van der Waals surface area (Å²) >= 11 is 0. The first-order valence-electron chi connectivity index (χ1n) is 7.57. The number of hydrogen-bond acceptors (Lipinski definition) is 3. The van der Waals surface area contributed by atoms with Gasteiger partial charge in [-0.2, -0.15) is 0 Å². The van der Waals surface area contributed by atoms with E-state index in [2.05, 4.69) is 26.1 Å². The lowest BCUT2D eigenvalue weighted by Gasteiger charge is -2.32. The van der Waals surface area contributed by atoms with Crippen LogP contribution in [-0.2, 0) is 4.74 Å². The van der Waals surface area contributed by atoms with Crippen molar-refractivity contribution in [3.63, 3.8) is 0 Å². The molecule has 0 aromatic rings. The molecule has 3 heteroatoms.